The molecule has 20 heavy (non-hydrogen) atoms. The minimum Gasteiger partial charge on any atom is -0.397 e. The van der Waals surface area contributed by atoms with Gasteiger partial charge in [0.2, 0.25) is 0 Å². The third-order valence-corrected chi connectivity index (χ3v) is 3.96. The number of nitriles is 1. The smallest absolute Gasteiger partial charge is 0.265 e. The van der Waals surface area contributed by atoms with Crippen molar-refractivity contribution < 1.29 is 4.39 Å². The molecule has 2 rings (SSSR count). The molecule has 6 heteroatoms. The van der Waals surface area contributed by atoms with Crippen LogP contribution in [-0.4, -0.2) is 4.57 Å². The highest BCUT2D eigenvalue weighted by molar-refractivity contribution is 9.10. The van der Waals surface area contributed by atoms with Crippen molar-refractivity contribution in [2.24, 2.45) is 0 Å². The zero-order chi connectivity index (χ0) is 14.9. The fourth-order valence-corrected chi connectivity index (χ4v) is 2.26. The predicted molar refractivity (Wildman–Crippen MR) is 77.8 cm³/mol. The number of hydrogen-bond acceptors (Lipinski definition) is 3. The summed E-state index contributed by atoms with van der Waals surface area (Å²) in [5, 5.41) is 8.83. The molecule has 2 N–H and O–H groups in total. The van der Waals surface area contributed by atoms with Gasteiger partial charge in [0.15, 0.2) is 0 Å². The molecular weight excluding hydrogens is 325 g/mol. The third kappa shape index (κ3) is 2.58. The molecule has 4 nitrogen and oxygen atoms in total. The first-order valence-electron chi connectivity index (χ1n) is 5.77. The zero-order valence-corrected chi connectivity index (χ0v) is 12.2. The van der Waals surface area contributed by atoms with Gasteiger partial charge in [-0.1, -0.05) is 0 Å². The zero-order valence-electron chi connectivity index (χ0n) is 10.7. The summed E-state index contributed by atoms with van der Waals surface area (Å²) in [5.74, 6) is -0.467. The van der Waals surface area contributed by atoms with Gasteiger partial charge in [0, 0.05) is 11.8 Å². The lowest BCUT2D eigenvalue weighted by Crippen LogP contribution is -2.23. The molecule has 0 spiro atoms. The molecule has 0 radical (unpaired) electrons. The van der Waals surface area contributed by atoms with Crippen LogP contribution in [0.4, 0.5) is 10.1 Å². The Labute approximate surface area is 123 Å². The maximum Gasteiger partial charge on any atom is 0.265 e. The lowest BCUT2D eigenvalue weighted by Gasteiger charge is -2.11. The Balaban J connectivity index is 2.51. The van der Waals surface area contributed by atoms with Gasteiger partial charge in [0.1, 0.15) is 5.82 Å². The number of pyridine rings is 1. The summed E-state index contributed by atoms with van der Waals surface area (Å²) >= 11 is 3.18. The standard InChI is InChI=1S/C14H11BrFN3O/c1-8-12(18)7-19(14(20)13(8)15)6-10-4-9(5-17)2-3-11(10)16/h2-4,7H,6,18H2,1H3. The molecule has 0 aliphatic carbocycles. The first-order valence-corrected chi connectivity index (χ1v) is 6.57. The van der Waals surface area contributed by atoms with E-state index in [2.05, 4.69) is 15.9 Å². The Morgan fingerprint density at radius 2 is 2.20 bits per heavy atom. The molecule has 0 amide bonds. The van der Waals surface area contributed by atoms with Crippen molar-refractivity contribution in [3.63, 3.8) is 0 Å². The van der Waals surface area contributed by atoms with Crippen LogP contribution in [0.5, 0.6) is 0 Å². The fraction of sp³-hybridized carbons (Fsp3) is 0.143. The summed E-state index contributed by atoms with van der Waals surface area (Å²) in [5.41, 5.74) is 7.20. The highest BCUT2D eigenvalue weighted by Gasteiger charge is 2.11. The lowest BCUT2D eigenvalue weighted by atomic mass is 10.1. The maximum absolute atomic E-state index is 13.7. The highest BCUT2D eigenvalue weighted by atomic mass is 79.9. The van der Waals surface area contributed by atoms with Gasteiger partial charge in [0.25, 0.3) is 5.56 Å². The van der Waals surface area contributed by atoms with Gasteiger partial charge in [-0.2, -0.15) is 5.26 Å². The number of benzene rings is 1. The Kier molecular flexibility index (Phi) is 3.91. The molecule has 0 aliphatic heterocycles. The number of halogens is 2. The van der Waals surface area contributed by atoms with Crippen molar-refractivity contribution in [3.05, 3.63) is 61.7 Å². The Morgan fingerprint density at radius 1 is 1.50 bits per heavy atom. The van der Waals surface area contributed by atoms with Gasteiger partial charge >= 0.3 is 0 Å². The molecular formula is C14H11BrFN3O. The minimum atomic E-state index is -0.467. The van der Waals surface area contributed by atoms with E-state index in [0.29, 0.717) is 21.3 Å². The molecule has 102 valence electrons. The van der Waals surface area contributed by atoms with Crippen molar-refractivity contribution in [2.45, 2.75) is 13.5 Å². The summed E-state index contributed by atoms with van der Waals surface area (Å²) < 4.78 is 15.4. The minimum absolute atomic E-state index is 0.0171. The number of nitrogens with two attached hydrogens (primary N) is 1. The monoisotopic (exact) mass is 335 g/mol. The number of nitrogen functional groups attached to an aromatic ring is 1. The lowest BCUT2D eigenvalue weighted by molar-refractivity contribution is 0.595. The first kappa shape index (κ1) is 14.3. The largest absolute Gasteiger partial charge is 0.397 e. The molecule has 0 fully saturated rings. The average Bonchev–Trinajstić information content (AvgIpc) is 2.44. The second kappa shape index (κ2) is 5.47. The van der Waals surface area contributed by atoms with E-state index in [4.69, 9.17) is 11.0 Å². The first-order chi connectivity index (χ1) is 9.43. The molecule has 2 aromatic rings. The van der Waals surface area contributed by atoms with Gasteiger partial charge in [-0.05, 0) is 46.6 Å². The summed E-state index contributed by atoms with van der Waals surface area (Å²) in [6.45, 7) is 1.74. The Bertz CT molecular complexity index is 777. The summed E-state index contributed by atoms with van der Waals surface area (Å²) in [4.78, 5) is 12.1. The molecule has 0 aliphatic rings. The quantitative estimate of drug-likeness (QED) is 0.916. The van der Waals surface area contributed by atoms with E-state index in [0.717, 1.165) is 0 Å². The topological polar surface area (TPSA) is 71.8 Å². The SMILES string of the molecule is Cc1c(N)cn(Cc2cc(C#N)ccc2F)c(=O)c1Br. The van der Waals surface area contributed by atoms with E-state index >= 15 is 0 Å². The van der Waals surface area contributed by atoms with E-state index in [1.807, 2.05) is 6.07 Å². The molecule has 0 saturated heterocycles. The normalized spacial score (nSPS) is 10.3. The van der Waals surface area contributed by atoms with Crippen LogP contribution in [0.1, 0.15) is 16.7 Å². The van der Waals surface area contributed by atoms with Crippen molar-refractivity contribution >= 4 is 21.6 Å². The summed E-state index contributed by atoms with van der Waals surface area (Å²) in [6, 6.07) is 5.96. The van der Waals surface area contributed by atoms with Crippen LogP contribution in [0.25, 0.3) is 0 Å². The van der Waals surface area contributed by atoms with Crippen LogP contribution in [0.3, 0.4) is 0 Å². The molecule has 1 aromatic heterocycles. The number of rotatable bonds is 2. The van der Waals surface area contributed by atoms with Gasteiger partial charge in [0.05, 0.1) is 28.3 Å². The summed E-state index contributed by atoms with van der Waals surface area (Å²) in [6.07, 6.45) is 1.47. The van der Waals surface area contributed by atoms with Gasteiger partial charge < -0.3 is 10.3 Å². The van der Waals surface area contributed by atoms with E-state index in [1.54, 1.807) is 6.92 Å². The van der Waals surface area contributed by atoms with Crippen LogP contribution < -0.4 is 11.3 Å². The molecule has 1 aromatic carbocycles. The molecule has 0 atom stereocenters. The second-order valence-corrected chi connectivity index (χ2v) is 5.17. The predicted octanol–water partition coefficient (Wildman–Crippen LogP) is 2.56. The van der Waals surface area contributed by atoms with E-state index in [-0.39, 0.29) is 17.7 Å². The fourth-order valence-electron chi connectivity index (χ4n) is 1.80. The average molecular weight is 336 g/mol. The van der Waals surface area contributed by atoms with Gasteiger partial charge in [-0.15, -0.1) is 0 Å². The Hall–Kier alpha value is -2.13. The number of nitrogens with zero attached hydrogens (tertiary/aromatic N) is 2. The molecule has 0 bridgehead atoms. The van der Waals surface area contributed by atoms with Crippen LogP contribution >= 0.6 is 15.9 Å². The second-order valence-electron chi connectivity index (χ2n) is 4.37. The number of hydrogen-bond donors (Lipinski definition) is 1. The van der Waals surface area contributed by atoms with Crippen molar-refractivity contribution in [3.8, 4) is 6.07 Å². The highest BCUT2D eigenvalue weighted by Crippen LogP contribution is 2.18. The maximum atomic E-state index is 13.7. The Morgan fingerprint density at radius 3 is 2.85 bits per heavy atom. The van der Waals surface area contributed by atoms with Crippen LogP contribution in [0, 0.1) is 24.1 Å². The van der Waals surface area contributed by atoms with E-state index < -0.39 is 5.82 Å². The molecule has 1 heterocycles. The van der Waals surface area contributed by atoms with E-state index in [1.165, 1.54) is 29.0 Å². The molecule has 0 saturated carbocycles. The van der Waals surface area contributed by atoms with Crippen LogP contribution in [0.2, 0.25) is 0 Å². The van der Waals surface area contributed by atoms with Crippen LogP contribution in [0.15, 0.2) is 33.7 Å². The van der Waals surface area contributed by atoms with Crippen molar-refractivity contribution in [1.82, 2.24) is 4.57 Å². The van der Waals surface area contributed by atoms with Crippen molar-refractivity contribution in [2.75, 3.05) is 5.73 Å². The molecule has 0 unspecified atom stereocenters. The number of aromatic nitrogens is 1. The summed E-state index contributed by atoms with van der Waals surface area (Å²) in [7, 11) is 0. The van der Waals surface area contributed by atoms with E-state index in [9.17, 15) is 9.18 Å². The third-order valence-electron chi connectivity index (χ3n) is 3.02. The number of anilines is 1. The van der Waals surface area contributed by atoms with Crippen molar-refractivity contribution in [1.29, 1.82) is 5.26 Å². The van der Waals surface area contributed by atoms with Gasteiger partial charge in [-0.3, -0.25) is 4.79 Å². The van der Waals surface area contributed by atoms with Crippen LogP contribution in [-0.2, 0) is 6.54 Å². The van der Waals surface area contributed by atoms with Gasteiger partial charge in [-0.25, -0.2) is 4.39 Å².